The van der Waals surface area contributed by atoms with Crippen LogP contribution >= 0.6 is 0 Å². The lowest BCUT2D eigenvalue weighted by Crippen LogP contribution is -2.11. The van der Waals surface area contributed by atoms with E-state index in [1.807, 2.05) is 0 Å². The molecule has 0 bridgehead atoms. The molecule has 0 aliphatic heterocycles. The van der Waals surface area contributed by atoms with E-state index < -0.39 is 74.8 Å². The third-order valence-corrected chi connectivity index (χ3v) is 4.97. The fourth-order valence-corrected chi connectivity index (χ4v) is 3.37. The molecule has 0 amide bonds. The average Bonchev–Trinajstić information content (AvgIpc) is 2.75. The molecule has 3 rings (SSSR count). The van der Waals surface area contributed by atoms with E-state index in [0.717, 1.165) is 18.2 Å². The first-order valence-corrected chi connectivity index (χ1v) is 9.45. The molecule has 0 N–H and O–H groups in total. The quantitative estimate of drug-likeness (QED) is 0.305. The third kappa shape index (κ3) is 5.58. The fraction of sp³-hybridized carbons (Fsp3) is 0.174. The summed E-state index contributed by atoms with van der Waals surface area (Å²) >= 11 is 0. The molecule has 0 unspecified atom stereocenters. The first kappa shape index (κ1) is 26.9. The van der Waals surface area contributed by atoms with E-state index in [2.05, 4.69) is 0 Å². The smallest absolute Gasteiger partial charge is 0.192 e. The molecule has 0 saturated carbocycles. The van der Waals surface area contributed by atoms with Gasteiger partial charge in [0.1, 0.15) is 6.07 Å². The maximum atomic E-state index is 13.2. The minimum absolute atomic E-state index is 0.165. The second-order valence-electron chi connectivity index (χ2n) is 7.43. The second-order valence-corrected chi connectivity index (χ2v) is 7.43. The van der Waals surface area contributed by atoms with Crippen molar-refractivity contribution in [2.45, 2.75) is 24.7 Å². The zero-order valence-corrected chi connectivity index (χ0v) is 17.2. The molecule has 0 spiro atoms. The van der Waals surface area contributed by atoms with Crippen molar-refractivity contribution in [3.63, 3.8) is 0 Å². The molecular weight excluding hydrogens is 518 g/mol. The largest absolute Gasteiger partial charge is 0.416 e. The Morgan fingerprint density at radius 1 is 0.472 bits per heavy atom. The van der Waals surface area contributed by atoms with Crippen molar-refractivity contribution in [3.8, 4) is 28.3 Å². The van der Waals surface area contributed by atoms with Gasteiger partial charge < -0.3 is 0 Å². The Labute approximate surface area is 194 Å². The Morgan fingerprint density at radius 3 is 0.972 bits per heavy atom. The van der Waals surface area contributed by atoms with Crippen molar-refractivity contribution in [2.75, 3.05) is 0 Å². The van der Waals surface area contributed by atoms with E-state index in [1.165, 1.54) is 6.07 Å². The number of nitriles is 1. The summed E-state index contributed by atoms with van der Waals surface area (Å²) in [6.45, 7) is 0. The second kappa shape index (κ2) is 8.76. The van der Waals surface area contributed by atoms with E-state index in [4.69, 9.17) is 0 Å². The molecule has 0 heterocycles. The summed E-state index contributed by atoms with van der Waals surface area (Å²) in [5.41, 5.74) is -10.3. The van der Waals surface area contributed by atoms with E-state index in [0.29, 0.717) is 24.3 Å². The van der Waals surface area contributed by atoms with Gasteiger partial charge in [-0.3, -0.25) is 0 Å². The molecule has 36 heavy (non-hydrogen) atoms. The van der Waals surface area contributed by atoms with Crippen molar-refractivity contribution < 1.29 is 52.7 Å². The SMILES string of the molecule is N#Cc1c(-c2cc(C(F)(F)F)cc(C(F)(F)F)c2)cccc1-c1cc(C(F)(F)F)cc(C(F)(F)F)c1. The van der Waals surface area contributed by atoms with Crippen LogP contribution in [0.4, 0.5) is 52.7 Å². The van der Waals surface area contributed by atoms with E-state index in [1.54, 1.807) is 0 Å². The number of halogens is 12. The molecule has 0 atom stereocenters. The van der Waals surface area contributed by atoms with Crippen LogP contribution in [0, 0.1) is 11.3 Å². The lowest BCUT2D eigenvalue weighted by atomic mass is 9.89. The lowest BCUT2D eigenvalue weighted by molar-refractivity contribution is -0.144. The maximum Gasteiger partial charge on any atom is 0.416 e. The number of hydrogen-bond acceptors (Lipinski definition) is 1. The Morgan fingerprint density at radius 2 is 0.750 bits per heavy atom. The molecule has 0 aliphatic rings. The number of nitrogens with zero attached hydrogens (tertiary/aromatic N) is 1. The van der Waals surface area contributed by atoms with Gasteiger partial charge in [-0.1, -0.05) is 18.2 Å². The molecular formula is C23H9F12N. The summed E-state index contributed by atoms with van der Waals surface area (Å²) in [5, 5.41) is 9.60. The van der Waals surface area contributed by atoms with Crippen molar-refractivity contribution >= 4 is 0 Å². The van der Waals surface area contributed by atoms with Crippen LogP contribution in [0.2, 0.25) is 0 Å². The highest BCUT2D eigenvalue weighted by Gasteiger charge is 2.38. The highest BCUT2D eigenvalue weighted by Crippen LogP contribution is 2.43. The minimum atomic E-state index is -5.23. The third-order valence-electron chi connectivity index (χ3n) is 4.97. The van der Waals surface area contributed by atoms with Gasteiger partial charge in [0.2, 0.25) is 0 Å². The van der Waals surface area contributed by atoms with Crippen LogP contribution in [-0.4, -0.2) is 0 Å². The van der Waals surface area contributed by atoms with Gasteiger partial charge in [-0.15, -0.1) is 0 Å². The van der Waals surface area contributed by atoms with Gasteiger partial charge in [-0.05, 0) is 47.5 Å². The maximum absolute atomic E-state index is 13.2. The molecule has 0 saturated heterocycles. The average molecular weight is 527 g/mol. The number of rotatable bonds is 2. The molecule has 0 fully saturated rings. The summed E-state index contributed by atoms with van der Waals surface area (Å²) in [6.07, 6.45) is -20.9. The van der Waals surface area contributed by atoms with Gasteiger partial charge in [0.15, 0.2) is 0 Å². The summed E-state index contributed by atoms with van der Waals surface area (Å²) in [7, 11) is 0. The van der Waals surface area contributed by atoms with Crippen molar-refractivity contribution in [2.24, 2.45) is 0 Å². The highest BCUT2D eigenvalue weighted by atomic mass is 19.4. The molecule has 0 aromatic heterocycles. The Balaban J connectivity index is 2.35. The van der Waals surface area contributed by atoms with Gasteiger partial charge in [-0.25, -0.2) is 0 Å². The zero-order chi connectivity index (χ0) is 27.3. The van der Waals surface area contributed by atoms with Crippen LogP contribution in [0.15, 0.2) is 54.6 Å². The van der Waals surface area contributed by atoms with E-state index >= 15 is 0 Å². The summed E-state index contributed by atoms with van der Waals surface area (Å²) in [6, 6.07) is 5.15. The predicted octanol–water partition coefficient (Wildman–Crippen LogP) is 8.97. The normalized spacial score (nSPS) is 13.0. The predicted molar refractivity (Wildman–Crippen MR) is 102 cm³/mol. The highest BCUT2D eigenvalue weighted by molar-refractivity contribution is 5.83. The number of benzene rings is 3. The zero-order valence-electron chi connectivity index (χ0n) is 17.2. The van der Waals surface area contributed by atoms with Crippen LogP contribution in [0.3, 0.4) is 0 Å². The summed E-state index contributed by atoms with van der Waals surface area (Å²) in [5.74, 6) is 0. The number of alkyl halides is 12. The first-order valence-electron chi connectivity index (χ1n) is 9.45. The van der Waals surface area contributed by atoms with Crippen LogP contribution in [0.25, 0.3) is 22.3 Å². The molecule has 190 valence electrons. The molecule has 1 nitrogen and oxygen atoms in total. The van der Waals surface area contributed by atoms with Gasteiger partial charge in [0, 0.05) is 11.1 Å². The van der Waals surface area contributed by atoms with Crippen molar-refractivity contribution in [1.29, 1.82) is 5.26 Å². The standard InChI is InChI=1S/C23H9F12N/c24-20(25,26)13-4-11(5-14(8-13)21(27,28)29)17-2-1-3-18(19(17)10-36)12-6-15(22(30,31)32)9-16(7-12)23(33,34)35/h1-9H. The van der Waals surface area contributed by atoms with Crippen LogP contribution in [0.5, 0.6) is 0 Å². The van der Waals surface area contributed by atoms with Crippen LogP contribution < -0.4 is 0 Å². The van der Waals surface area contributed by atoms with Crippen molar-refractivity contribution in [3.05, 3.63) is 82.4 Å². The van der Waals surface area contributed by atoms with Crippen LogP contribution in [-0.2, 0) is 24.7 Å². The van der Waals surface area contributed by atoms with E-state index in [-0.39, 0.29) is 12.1 Å². The van der Waals surface area contributed by atoms with Crippen LogP contribution in [0.1, 0.15) is 27.8 Å². The monoisotopic (exact) mass is 527 g/mol. The first-order chi connectivity index (χ1) is 16.3. The molecule has 3 aromatic carbocycles. The molecule has 13 heteroatoms. The lowest BCUT2D eigenvalue weighted by Gasteiger charge is -2.17. The van der Waals surface area contributed by atoms with Gasteiger partial charge in [0.05, 0.1) is 27.8 Å². The summed E-state index contributed by atoms with van der Waals surface area (Å²) in [4.78, 5) is 0. The van der Waals surface area contributed by atoms with Gasteiger partial charge in [0.25, 0.3) is 0 Å². The Kier molecular flexibility index (Phi) is 6.55. The van der Waals surface area contributed by atoms with Gasteiger partial charge in [-0.2, -0.15) is 57.9 Å². The Hall–Kier alpha value is -3.69. The Bertz CT molecular complexity index is 1180. The van der Waals surface area contributed by atoms with Gasteiger partial charge >= 0.3 is 24.7 Å². The molecule has 0 aliphatic carbocycles. The molecule has 0 radical (unpaired) electrons. The van der Waals surface area contributed by atoms with Crippen molar-refractivity contribution in [1.82, 2.24) is 0 Å². The summed E-state index contributed by atoms with van der Waals surface area (Å²) < 4.78 is 159. The number of hydrogen-bond donors (Lipinski definition) is 0. The molecule has 3 aromatic rings. The fourth-order valence-electron chi connectivity index (χ4n) is 3.37. The topological polar surface area (TPSA) is 23.8 Å². The van der Waals surface area contributed by atoms with E-state index in [9.17, 15) is 57.9 Å². The minimum Gasteiger partial charge on any atom is -0.192 e.